The highest BCUT2D eigenvalue weighted by atomic mass is 32.2. The van der Waals surface area contributed by atoms with Crippen molar-refractivity contribution >= 4 is 15.7 Å². The summed E-state index contributed by atoms with van der Waals surface area (Å²) in [4.78, 5) is 0.178. The summed E-state index contributed by atoms with van der Waals surface area (Å²) in [6, 6.07) is 20.0. The molecule has 0 heterocycles. The van der Waals surface area contributed by atoms with Gasteiger partial charge in [-0.05, 0) is 56.2 Å². The Hall–Kier alpha value is -2.66. The van der Waals surface area contributed by atoms with Crippen molar-refractivity contribution in [3.63, 3.8) is 0 Å². The highest BCUT2D eigenvalue weighted by Gasteiger charge is 2.30. The van der Waals surface area contributed by atoms with Gasteiger partial charge in [0.2, 0.25) is 0 Å². The number of aryl methyl sites for hydroxylation is 2. The fourth-order valence-corrected chi connectivity index (χ4v) is 4.62. The van der Waals surface area contributed by atoms with Gasteiger partial charge in [0.1, 0.15) is 5.82 Å². The molecule has 3 rings (SSSR count). The first-order valence-electron chi connectivity index (χ1n) is 8.73. The molecule has 140 valence electrons. The van der Waals surface area contributed by atoms with Crippen molar-refractivity contribution in [3.8, 4) is 0 Å². The summed E-state index contributed by atoms with van der Waals surface area (Å²) >= 11 is 0. The lowest BCUT2D eigenvalue weighted by molar-refractivity contribution is 0.581. The van der Waals surface area contributed by atoms with Crippen molar-refractivity contribution < 1.29 is 12.8 Å². The van der Waals surface area contributed by atoms with Gasteiger partial charge in [0.05, 0.1) is 16.6 Å². The highest BCUT2D eigenvalue weighted by molar-refractivity contribution is 7.92. The fraction of sp³-hybridized carbons (Fsp3) is 0.182. The van der Waals surface area contributed by atoms with Crippen LogP contribution in [-0.4, -0.2) is 8.42 Å². The first-order valence-corrected chi connectivity index (χ1v) is 10.2. The quantitative estimate of drug-likeness (QED) is 0.592. The normalized spacial score (nSPS) is 12.6. The summed E-state index contributed by atoms with van der Waals surface area (Å²) < 4.78 is 42.4. The van der Waals surface area contributed by atoms with Crippen LogP contribution >= 0.6 is 0 Å². The van der Waals surface area contributed by atoms with Gasteiger partial charge < -0.3 is 0 Å². The fourth-order valence-electron chi connectivity index (χ4n) is 2.98. The molecule has 0 bridgehead atoms. The second kappa shape index (κ2) is 7.53. The number of sulfonamides is 1. The largest absolute Gasteiger partial charge is 0.264 e. The van der Waals surface area contributed by atoms with Gasteiger partial charge in [0, 0.05) is 0 Å². The SMILES string of the molecule is Cc1ccc(S(=O)(=O)N(c2ccc(C)c(F)c2)[C@H](C)c2ccccc2)cc1. The van der Waals surface area contributed by atoms with Crippen LogP contribution in [0.4, 0.5) is 10.1 Å². The van der Waals surface area contributed by atoms with Crippen molar-refractivity contribution in [1.29, 1.82) is 0 Å². The topological polar surface area (TPSA) is 37.4 Å². The Kier molecular flexibility index (Phi) is 5.33. The molecule has 0 fully saturated rings. The predicted octanol–water partition coefficient (Wildman–Crippen LogP) is 5.40. The van der Waals surface area contributed by atoms with Crippen molar-refractivity contribution in [2.45, 2.75) is 31.7 Å². The minimum atomic E-state index is -3.88. The Bertz CT molecular complexity index is 1030. The minimum Gasteiger partial charge on any atom is -0.259 e. The Morgan fingerprint density at radius 1 is 0.889 bits per heavy atom. The van der Waals surface area contributed by atoms with E-state index in [2.05, 4.69) is 0 Å². The number of benzene rings is 3. The molecule has 5 heteroatoms. The van der Waals surface area contributed by atoms with Crippen molar-refractivity contribution in [1.82, 2.24) is 0 Å². The number of nitrogens with zero attached hydrogens (tertiary/aromatic N) is 1. The maximum absolute atomic E-state index is 14.2. The molecule has 27 heavy (non-hydrogen) atoms. The van der Waals surface area contributed by atoms with E-state index < -0.39 is 21.9 Å². The number of hydrogen-bond acceptors (Lipinski definition) is 2. The minimum absolute atomic E-state index is 0.178. The maximum Gasteiger partial charge on any atom is 0.264 e. The predicted molar refractivity (Wildman–Crippen MR) is 107 cm³/mol. The van der Waals surface area contributed by atoms with E-state index in [9.17, 15) is 12.8 Å². The van der Waals surface area contributed by atoms with Gasteiger partial charge in [-0.25, -0.2) is 12.8 Å². The third-order valence-corrected chi connectivity index (χ3v) is 6.53. The summed E-state index contributed by atoms with van der Waals surface area (Å²) in [6.07, 6.45) is 0. The van der Waals surface area contributed by atoms with Crippen LogP contribution in [0.25, 0.3) is 0 Å². The van der Waals surface area contributed by atoms with E-state index in [0.29, 0.717) is 11.3 Å². The molecule has 0 aliphatic heterocycles. The standard InChI is InChI=1S/C22H22FNO2S/c1-16-9-13-21(14-10-16)27(25,26)24(18(3)19-7-5-4-6-8-19)20-12-11-17(2)22(23)15-20/h4-15,18H,1-3H3/t18-/m1/s1. The van der Waals surface area contributed by atoms with Crippen molar-refractivity contribution in [2.24, 2.45) is 0 Å². The Balaban J connectivity index is 2.17. The molecule has 0 aromatic heterocycles. The van der Waals surface area contributed by atoms with E-state index >= 15 is 0 Å². The van der Waals surface area contributed by atoms with Gasteiger partial charge in [-0.15, -0.1) is 0 Å². The molecule has 0 amide bonds. The van der Waals surface area contributed by atoms with Crippen LogP contribution in [0, 0.1) is 19.7 Å². The third kappa shape index (κ3) is 3.88. The van der Waals surface area contributed by atoms with Gasteiger partial charge in [0.25, 0.3) is 10.0 Å². The molecule has 3 aromatic carbocycles. The van der Waals surface area contributed by atoms with Gasteiger partial charge >= 0.3 is 0 Å². The second-order valence-electron chi connectivity index (χ2n) is 6.63. The van der Waals surface area contributed by atoms with Gasteiger partial charge in [0.15, 0.2) is 0 Å². The zero-order chi connectivity index (χ0) is 19.6. The lowest BCUT2D eigenvalue weighted by atomic mass is 10.1. The third-order valence-electron chi connectivity index (χ3n) is 4.62. The molecule has 0 unspecified atom stereocenters. The number of rotatable bonds is 5. The molecule has 0 radical (unpaired) electrons. The average molecular weight is 383 g/mol. The molecule has 0 N–H and O–H groups in total. The van der Waals surface area contributed by atoms with Crippen molar-refractivity contribution in [2.75, 3.05) is 4.31 Å². The monoisotopic (exact) mass is 383 g/mol. The summed E-state index contributed by atoms with van der Waals surface area (Å²) in [5.74, 6) is -0.433. The maximum atomic E-state index is 14.2. The van der Waals surface area contributed by atoms with E-state index in [-0.39, 0.29) is 4.90 Å². The molecule has 0 aliphatic rings. The average Bonchev–Trinajstić information content (AvgIpc) is 2.65. The lowest BCUT2D eigenvalue weighted by Gasteiger charge is -2.31. The van der Waals surface area contributed by atoms with Crippen LogP contribution < -0.4 is 4.31 Å². The molecule has 1 atom stereocenters. The van der Waals surface area contributed by atoms with Gasteiger partial charge in [-0.1, -0.05) is 54.1 Å². The van der Waals surface area contributed by atoms with E-state index in [4.69, 9.17) is 0 Å². The van der Waals surface area contributed by atoms with Gasteiger partial charge in [-0.3, -0.25) is 4.31 Å². The number of halogens is 1. The van der Waals surface area contributed by atoms with E-state index in [0.717, 1.165) is 11.1 Å². The molecule has 0 saturated carbocycles. The van der Waals surface area contributed by atoms with Crippen LogP contribution in [0.1, 0.15) is 29.7 Å². The summed E-state index contributed by atoms with van der Waals surface area (Å²) in [5.41, 5.74) is 2.57. The summed E-state index contributed by atoms with van der Waals surface area (Å²) in [6.45, 7) is 5.35. The van der Waals surface area contributed by atoms with E-state index in [1.165, 1.54) is 10.4 Å². The molecule has 0 saturated heterocycles. The second-order valence-corrected chi connectivity index (χ2v) is 8.45. The molecular weight excluding hydrogens is 361 g/mol. The van der Waals surface area contributed by atoms with Crippen LogP contribution in [0.3, 0.4) is 0 Å². The Labute approximate surface area is 160 Å². The van der Waals surface area contributed by atoms with Crippen molar-refractivity contribution in [3.05, 3.63) is 95.3 Å². The zero-order valence-electron chi connectivity index (χ0n) is 15.6. The smallest absolute Gasteiger partial charge is 0.259 e. The number of hydrogen-bond donors (Lipinski definition) is 0. The first kappa shape index (κ1) is 19.1. The molecule has 0 aliphatic carbocycles. The summed E-state index contributed by atoms with van der Waals surface area (Å²) in [7, 11) is -3.88. The Morgan fingerprint density at radius 3 is 2.11 bits per heavy atom. The molecular formula is C22H22FNO2S. The van der Waals surface area contributed by atoms with Crippen LogP contribution in [0.15, 0.2) is 77.7 Å². The number of anilines is 1. The van der Waals surface area contributed by atoms with Gasteiger partial charge in [-0.2, -0.15) is 0 Å². The lowest BCUT2D eigenvalue weighted by Crippen LogP contribution is -2.33. The molecule has 3 aromatic rings. The first-order chi connectivity index (χ1) is 12.8. The van der Waals surface area contributed by atoms with E-state index in [1.54, 1.807) is 50.2 Å². The molecule has 0 spiro atoms. The highest BCUT2D eigenvalue weighted by Crippen LogP contribution is 2.34. The summed E-state index contributed by atoms with van der Waals surface area (Å²) in [5, 5.41) is 0. The van der Waals surface area contributed by atoms with E-state index in [1.807, 2.05) is 37.3 Å². The molecule has 3 nitrogen and oxygen atoms in total. The van der Waals surface area contributed by atoms with Crippen LogP contribution in [0.2, 0.25) is 0 Å². The zero-order valence-corrected chi connectivity index (χ0v) is 16.4. The van der Waals surface area contributed by atoms with Crippen LogP contribution in [-0.2, 0) is 10.0 Å². The van der Waals surface area contributed by atoms with Crippen LogP contribution in [0.5, 0.6) is 0 Å². The Morgan fingerprint density at radius 2 is 1.52 bits per heavy atom.